The van der Waals surface area contributed by atoms with Gasteiger partial charge in [-0.05, 0) is 31.2 Å². The van der Waals surface area contributed by atoms with Crippen LogP contribution in [-0.4, -0.2) is 23.9 Å². The average molecular weight is 405 g/mol. The number of oxazole rings is 1. The van der Waals surface area contributed by atoms with Gasteiger partial charge in [-0.25, -0.2) is 9.78 Å². The van der Waals surface area contributed by atoms with Crippen molar-refractivity contribution in [1.82, 2.24) is 10.3 Å². The molecule has 0 atom stereocenters. The number of halogens is 3. The minimum Gasteiger partial charge on any atom is -0.444 e. The summed E-state index contributed by atoms with van der Waals surface area (Å²) in [5.41, 5.74) is 2.83. The number of ether oxygens (including phenoxy) is 1. The van der Waals surface area contributed by atoms with Crippen LogP contribution in [0.25, 0.3) is 11.5 Å². The van der Waals surface area contributed by atoms with E-state index in [1.165, 1.54) is 18.4 Å². The number of rotatable bonds is 6. The van der Waals surface area contributed by atoms with Crippen LogP contribution < -0.4 is 15.4 Å². The highest BCUT2D eigenvalue weighted by molar-refractivity contribution is 5.89. The highest BCUT2D eigenvalue weighted by Crippen LogP contribution is 2.25. The molecule has 1 aromatic heterocycles. The van der Waals surface area contributed by atoms with E-state index in [1.807, 2.05) is 31.2 Å². The molecule has 9 heteroatoms. The van der Waals surface area contributed by atoms with Gasteiger partial charge in [-0.2, -0.15) is 0 Å². The van der Waals surface area contributed by atoms with Crippen LogP contribution in [0.4, 0.5) is 23.7 Å². The zero-order valence-corrected chi connectivity index (χ0v) is 15.4. The van der Waals surface area contributed by atoms with Gasteiger partial charge in [0.05, 0.1) is 5.69 Å². The number of benzene rings is 2. The van der Waals surface area contributed by atoms with E-state index >= 15 is 0 Å². The fraction of sp³-hybridized carbons (Fsp3) is 0.200. The first kappa shape index (κ1) is 20.2. The second-order valence-corrected chi connectivity index (χ2v) is 6.22. The van der Waals surface area contributed by atoms with E-state index in [0.717, 1.165) is 23.3 Å². The molecule has 2 N–H and O–H groups in total. The van der Waals surface area contributed by atoms with Crippen LogP contribution in [0.5, 0.6) is 5.75 Å². The van der Waals surface area contributed by atoms with Gasteiger partial charge in [0.25, 0.3) is 0 Å². The SMILES string of the molecule is Cc1ccc(-c2nc(CCNC(=O)Nc3cccc(OC(F)(F)F)c3)co2)cc1. The molecule has 0 aliphatic rings. The molecule has 152 valence electrons. The van der Waals surface area contributed by atoms with Gasteiger partial charge in [0.1, 0.15) is 12.0 Å². The van der Waals surface area contributed by atoms with Crippen LogP contribution >= 0.6 is 0 Å². The zero-order valence-electron chi connectivity index (χ0n) is 15.4. The quantitative estimate of drug-likeness (QED) is 0.611. The van der Waals surface area contributed by atoms with Crippen LogP contribution in [-0.2, 0) is 6.42 Å². The third-order valence-electron chi connectivity index (χ3n) is 3.84. The van der Waals surface area contributed by atoms with Crippen LogP contribution in [0.2, 0.25) is 0 Å². The summed E-state index contributed by atoms with van der Waals surface area (Å²) in [4.78, 5) is 16.3. The van der Waals surface area contributed by atoms with E-state index < -0.39 is 18.1 Å². The Hall–Kier alpha value is -3.49. The molecule has 0 saturated carbocycles. The summed E-state index contributed by atoms with van der Waals surface area (Å²) in [7, 11) is 0. The van der Waals surface area contributed by atoms with Crippen molar-refractivity contribution in [1.29, 1.82) is 0 Å². The third kappa shape index (κ3) is 6.27. The van der Waals surface area contributed by atoms with Gasteiger partial charge in [-0.3, -0.25) is 0 Å². The minimum atomic E-state index is -4.80. The van der Waals surface area contributed by atoms with Crippen LogP contribution in [0, 0.1) is 6.92 Å². The van der Waals surface area contributed by atoms with Gasteiger partial charge in [-0.1, -0.05) is 23.8 Å². The molecular formula is C20H18F3N3O3. The Morgan fingerprint density at radius 2 is 1.93 bits per heavy atom. The highest BCUT2D eigenvalue weighted by Gasteiger charge is 2.31. The standard InChI is InChI=1S/C20H18F3N3O3/c1-13-5-7-14(8-6-13)18-25-16(12-28-18)9-10-24-19(27)26-15-3-2-4-17(11-15)29-20(21,22)23/h2-8,11-12H,9-10H2,1H3,(H2,24,26,27). The number of nitrogens with one attached hydrogen (secondary N) is 2. The third-order valence-corrected chi connectivity index (χ3v) is 3.84. The van der Waals surface area contributed by atoms with Crippen LogP contribution in [0.1, 0.15) is 11.3 Å². The number of aryl methyl sites for hydroxylation is 1. The minimum absolute atomic E-state index is 0.173. The number of carbonyl (C=O) groups excluding carboxylic acids is 1. The van der Waals surface area contributed by atoms with Gasteiger partial charge in [0.15, 0.2) is 0 Å². The van der Waals surface area contributed by atoms with Crippen LogP contribution in [0.15, 0.2) is 59.2 Å². The Labute approximate surface area is 164 Å². The van der Waals surface area contributed by atoms with Crippen molar-refractivity contribution in [2.24, 2.45) is 0 Å². The molecule has 0 aliphatic heterocycles. The molecule has 3 rings (SSSR count). The zero-order chi connectivity index (χ0) is 20.9. The van der Waals surface area contributed by atoms with Crippen molar-refractivity contribution in [3.63, 3.8) is 0 Å². The van der Waals surface area contributed by atoms with E-state index in [-0.39, 0.29) is 12.2 Å². The number of hydrogen-bond acceptors (Lipinski definition) is 4. The number of amides is 2. The molecule has 0 unspecified atom stereocenters. The van der Waals surface area contributed by atoms with E-state index in [9.17, 15) is 18.0 Å². The molecule has 0 bridgehead atoms. The predicted octanol–water partition coefficient (Wildman–Crippen LogP) is 4.91. The first-order valence-corrected chi connectivity index (χ1v) is 8.70. The first-order valence-electron chi connectivity index (χ1n) is 8.70. The van der Waals surface area contributed by atoms with Crippen LogP contribution in [0.3, 0.4) is 0 Å². The molecule has 3 aromatic rings. The Morgan fingerprint density at radius 1 is 1.17 bits per heavy atom. The molecule has 6 nitrogen and oxygen atoms in total. The topological polar surface area (TPSA) is 76.4 Å². The summed E-state index contributed by atoms with van der Waals surface area (Å²) in [5, 5.41) is 5.06. The fourth-order valence-corrected chi connectivity index (χ4v) is 2.50. The molecule has 1 heterocycles. The second kappa shape index (κ2) is 8.68. The molecule has 0 spiro atoms. The summed E-state index contributed by atoms with van der Waals surface area (Å²) in [6.45, 7) is 2.26. The normalized spacial score (nSPS) is 11.2. The first-order chi connectivity index (χ1) is 13.8. The monoisotopic (exact) mass is 405 g/mol. The number of anilines is 1. The lowest BCUT2D eigenvalue weighted by molar-refractivity contribution is -0.274. The van der Waals surface area contributed by atoms with Crippen molar-refractivity contribution < 1.29 is 27.1 Å². The summed E-state index contributed by atoms with van der Waals surface area (Å²) < 4.78 is 46.0. The summed E-state index contributed by atoms with van der Waals surface area (Å²) >= 11 is 0. The Kier molecular flexibility index (Phi) is 6.06. The largest absolute Gasteiger partial charge is 0.573 e. The number of urea groups is 1. The van der Waals surface area contributed by atoms with Crippen molar-refractivity contribution in [2.45, 2.75) is 19.7 Å². The number of alkyl halides is 3. The molecule has 0 saturated heterocycles. The van der Waals surface area contributed by atoms with E-state index in [4.69, 9.17) is 4.42 Å². The van der Waals surface area contributed by atoms with Gasteiger partial charge >= 0.3 is 12.4 Å². The molecule has 0 fully saturated rings. The van der Waals surface area contributed by atoms with Gasteiger partial charge in [0, 0.05) is 30.3 Å². The molecule has 2 aromatic carbocycles. The maximum absolute atomic E-state index is 12.3. The highest BCUT2D eigenvalue weighted by atomic mass is 19.4. The van der Waals surface area contributed by atoms with Gasteiger partial charge in [0.2, 0.25) is 5.89 Å². The molecule has 29 heavy (non-hydrogen) atoms. The van der Waals surface area contributed by atoms with Crippen molar-refractivity contribution in [3.8, 4) is 17.2 Å². The Morgan fingerprint density at radius 3 is 2.66 bits per heavy atom. The summed E-state index contributed by atoms with van der Waals surface area (Å²) in [5.74, 6) is 0.0764. The van der Waals surface area contributed by atoms with Crippen molar-refractivity contribution in [2.75, 3.05) is 11.9 Å². The number of carbonyl (C=O) groups is 1. The second-order valence-electron chi connectivity index (χ2n) is 6.22. The fourth-order valence-electron chi connectivity index (χ4n) is 2.50. The van der Waals surface area contributed by atoms with E-state index in [2.05, 4.69) is 20.4 Å². The lowest BCUT2D eigenvalue weighted by atomic mass is 10.1. The lowest BCUT2D eigenvalue weighted by Gasteiger charge is -2.11. The number of hydrogen-bond donors (Lipinski definition) is 2. The van der Waals surface area contributed by atoms with Gasteiger partial charge in [-0.15, -0.1) is 13.2 Å². The smallest absolute Gasteiger partial charge is 0.444 e. The average Bonchev–Trinajstić information content (AvgIpc) is 3.10. The predicted molar refractivity (Wildman–Crippen MR) is 101 cm³/mol. The summed E-state index contributed by atoms with van der Waals surface area (Å²) in [6, 6.07) is 12.2. The summed E-state index contributed by atoms with van der Waals surface area (Å²) in [6.07, 6.45) is -2.84. The lowest BCUT2D eigenvalue weighted by Crippen LogP contribution is -2.30. The van der Waals surface area contributed by atoms with Crippen molar-refractivity contribution >= 4 is 11.7 Å². The molecule has 0 aliphatic carbocycles. The maximum Gasteiger partial charge on any atom is 0.573 e. The number of aromatic nitrogens is 1. The maximum atomic E-state index is 12.3. The molecule has 2 amide bonds. The van der Waals surface area contributed by atoms with E-state index in [0.29, 0.717) is 18.0 Å². The molecular weight excluding hydrogens is 387 g/mol. The number of nitrogens with zero attached hydrogens (tertiary/aromatic N) is 1. The Bertz CT molecular complexity index is 969. The van der Waals surface area contributed by atoms with Gasteiger partial charge < -0.3 is 19.8 Å². The molecule has 0 radical (unpaired) electrons. The van der Waals surface area contributed by atoms with Crippen molar-refractivity contribution in [3.05, 3.63) is 66.1 Å². The van der Waals surface area contributed by atoms with E-state index in [1.54, 1.807) is 0 Å². The Balaban J connectivity index is 1.48.